The molecule has 0 radical (unpaired) electrons. The molecule has 0 spiro atoms. The Bertz CT molecular complexity index is 605. The molecule has 0 saturated carbocycles. The van der Waals surface area contributed by atoms with Crippen molar-refractivity contribution in [2.75, 3.05) is 0 Å². The molecule has 112 valence electrons. The lowest BCUT2D eigenvalue weighted by Crippen LogP contribution is -2.10. The van der Waals surface area contributed by atoms with Gasteiger partial charge in [0.1, 0.15) is 12.4 Å². The van der Waals surface area contributed by atoms with Gasteiger partial charge in [0.25, 0.3) is 0 Å². The van der Waals surface area contributed by atoms with Gasteiger partial charge in [-0.1, -0.05) is 68.2 Å². The zero-order valence-electron chi connectivity index (χ0n) is 12.3. The van der Waals surface area contributed by atoms with Gasteiger partial charge >= 0.3 is 0 Å². The Labute approximate surface area is 135 Å². The molecule has 4 heteroatoms. The van der Waals surface area contributed by atoms with E-state index in [0.29, 0.717) is 22.4 Å². The second-order valence-electron chi connectivity index (χ2n) is 5.97. The SMILES string of the molecule is CC(C)(C)c1ccc(COc2c(Cl)cc(O)cc2Cl)cc1. The minimum atomic E-state index is 0.0203. The number of ether oxygens (including phenoxy) is 1. The van der Waals surface area contributed by atoms with Gasteiger partial charge in [-0.25, -0.2) is 0 Å². The van der Waals surface area contributed by atoms with Gasteiger partial charge in [-0.15, -0.1) is 0 Å². The number of rotatable bonds is 3. The van der Waals surface area contributed by atoms with E-state index in [-0.39, 0.29) is 11.2 Å². The second-order valence-corrected chi connectivity index (χ2v) is 6.79. The van der Waals surface area contributed by atoms with Gasteiger partial charge in [0.05, 0.1) is 10.0 Å². The first-order chi connectivity index (χ1) is 9.77. The summed E-state index contributed by atoms with van der Waals surface area (Å²) in [4.78, 5) is 0. The van der Waals surface area contributed by atoms with Gasteiger partial charge in [0, 0.05) is 12.1 Å². The highest BCUT2D eigenvalue weighted by Gasteiger charge is 2.13. The highest BCUT2D eigenvalue weighted by atomic mass is 35.5. The molecule has 0 aliphatic heterocycles. The molecule has 2 aromatic rings. The number of hydrogen-bond donors (Lipinski definition) is 1. The zero-order chi connectivity index (χ0) is 15.6. The lowest BCUT2D eigenvalue weighted by molar-refractivity contribution is 0.306. The summed E-state index contributed by atoms with van der Waals surface area (Å²) < 4.78 is 5.66. The number of halogens is 2. The molecule has 1 N–H and O–H groups in total. The average molecular weight is 325 g/mol. The summed E-state index contributed by atoms with van der Waals surface area (Å²) in [7, 11) is 0. The highest BCUT2D eigenvalue weighted by Crippen LogP contribution is 2.36. The normalized spacial score (nSPS) is 11.5. The van der Waals surface area contributed by atoms with Crippen molar-refractivity contribution in [3.05, 3.63) is 57.6 Å². The number of benzene rings is 2. The van der Waals surface area contributed by atoms with Crippen LogP contribution in [0.2, 0.25) is 10.0 Å². The molecule has 0 aromatic heterocycles. The summed E-state index contributed by atoms with van der Waals surface area (Å²) in [6, 6.07) is 11.1. The van der Waals surface area contributed by atoms with Crippen molar-refractivity contribution >= 4 is 23.2 Å². The van der Waals surface area contributed by atoms with Crippen molar-refractivity contribution in [2.45, 2.75) is 32.8 Å². The van der Waals surface area contributed by atoms with Crippen molar-refractivity contribution in [3.8, 4) is 11.5 Å². The predicted octanol–water partition coefficient (Wildman–Crippen LogP) is 5.58. The number of phenols is 1. The number of aromatic hydroxyl groups is 1. The van der Waals surface area contributed by atoms with E-state index in [1.807, 2.05) is 12.1 Å². The molecule has 0 saturated heterocycles. The van der Waals surface area contributed by atoms with Gasteiger partial charge in [-0.2, -0.15) is 0 Å². The Morgan fingerprint density at radius 1 is 1.00 bits per heavy atom. The van der Waals surface area contributed by atoms with E-state index in [1.165, 1.54) is 17.7 Å². The molecule has 0 atom stereocenters. The van der Waals surface area contributed by atoms with Crippen LogP contribution in [0.4, 0.5) is 0 Å². The largest absolute Gasteiger partial charge is 0.508 e. The van der Waals surface area contributed by atoms with E-state index >= 15 is 0 Å². The van der Waals surface area contributed by atoms with Gasteiger partial charge in [-0.3, -0.25) is 0 Å². The molecule has 2 rings (SSSR count). The van der Waals surface area contributed by atoms with Crippen LogP contribution < -0.4 is 4.74 Å². The fraction of sp³-hybridized carbons (Fsp3) is 0.294. The fourth-order valence-corrected chi connectivity index (χ4v) is 2.53. The molecule has 0 unspecified atom stereocenters. The third-order valence-electron chi connectivity index (χ3n) is 3.19. The topological polar surface area (TPSA) is 29.5 Å². The molecule has 2 nitrogen and oxygen atoms in total. The molecular weight excluding hydrogens is 307 g/mol. The van der Waals surface area contributed by atoms with Gasteiger partial charge < -0.3 is 9.84 Å². The van der Waals surface area contributed by atoms with E-state index in [4.69, 9.17) is 27.9 Å². The minimum absolute atomic E-state index is 0.0203. The molecule has 2 aromatic carbocycles. The second kappa shape index (κ2) is 6.17. The average Bonchev–Trinajstić information content (AvgIpc) is 2.37. The number of phenolic OH excluding ortho intramolecular Hbond substituents is 1. The Morgan fingerprint density at radius 2 is 1.52 bits per heavy atom. The Balaban J connectivity index is 2.10. The van der Waals surface area contributed by atoms with E-state index in [0.717, 1.165) is 5.56 Å². The van der Waals surface area contributed by atoms with Crippen molar-refractivity contribution in [3.63, 3.8) is 0 Å². The first-order valence-corrected chi connectivity index (χ1v) is 7.43. The van der Waals surface area contributed by atoms with Gasteiger partial charge in [-0.05, 0) is 16.5 Å². The highest BCUT2D eigenvalue weighted by molar-refractivity contribution is 6.37. The maximum Gasteiger partial charge on any atom is 0.157 e. The first kappa shape index (κ1) is 16.0. The van der Waals surface area contributed by atoms with E-state index < -0.39 is 0 Å². The molecule has 0 amide bonds. The van der Waals surface area contributed by atoms with Crippen LogP contribution in [0, 0.1) is 0 Å². The Kier molecular flexibility index (Phi) is 4.70. The van der Waals surface area contributed by atoms with Crippen molar-refractivity contribution in [2.24, 2.45) is 0 Å². The smallest absolute Gasteiger partial charge is 0.157 e. The molecule has 0 aliphatic rings. The molecule has 0 aliphatic carbocycles. The van der Waals surface area contributed by atoms with E-state index in [1.54, 1.807) is 0 Å². The first-order valence-electron chi connectivity index (χ1n) is 6.67. The Morgan fingerprint density at radius 3 is 2.00 bits per heavy atom. The third-order valence-corrected chi connectivity index (χ3v) is 3.75. The van der Waals surface area contributed by atoms with Crippen molar-refractivity contribution < 1.29 is 9.84 Å². The van der Waals surface area contributed by atoms with Crippen LogP contribution >= 0.6 is 23.2 Å². The van der Waals surface area contributed by atoms with Crippen LogP contribution in [0.3, 0.4) is 0 Å². The predicted molar refractivity (Wildman–Crippen MR) is 87.6 cm³/mol. The van der Waals surface area contributed by atoms with Gasteiger partial charge in [0.2, 0.25) is 0 Å². The van der Waals surface area contributed by atoms with E-state index in [9.17, 15) is 5.11 Å². The molecule has 0 bridgehead atoms. The quantitative estimate of drug-likeness (QED) is 0.799. The van der Waals surface area contributed by atoms with Crippen molar-refractivity contribution in [1.29, 1.82) is 0 Å². The standard InChI is InChI=1S/C17H18Cl2O2/c1-17(2,3)12-6-4-11(5-7-12)10-21-16-14(18)8-13(20)9-15(16)19/h4-9,20H,10H2,1-3H3. The fourth-order valence-electron chi connectivity index (χ4n) is 1.94. The summed E-state index contributed by atoms with van der Waals surface area (Å²) in [6.45, 7) is 6.89. The summed E-state index contributed by atoms with van der Waals surface area (Å²) >= 11 is 12.0. The maximum absolute atomic E-state index is 9.39. The number of hydrogen-bond acceptors (Lipinski definition) is 2. The van der Waals surface area contributed by atoms with Crippen LogP contribution in [0.5, 0.6) is 11.5 Å². The monoisotopic (exact) mass is 324 g/mol. The lowest BCUT2D eigenvalue weighted by Gasteiger charge is -2.19. The van der Waals surface area contributed by atoms with Crippen LogP contribution in [0.25, 0.3) is 0 Å². The lowest BCUT2D eigenvalue weighted by atomic mass is 9.87. The maximum atomic E-state index is 9.39. The molecule has 0 heterocycles. The molecule has 21 heavy (non-hydrogen) atoms. The van der Waals surface area contributed by atoms with E-state index in [2.05, 4.69) is 32.9 Å². The van der Waals surface area contributed by atoms with Gasteiger partial charge in [0.15, 0.2) is 5.75 Å². The van der Waals surface area contributed by atoms with Crippen molar-refractivity contribution in [1.82, 2.24) is 0 Å². The Hall–Kier alpha value is -1.38. The minimum Gasteiger partial charge on any atom is -0.508 e. The molecular formula is C17H18Cl2O2. The third kappa shape index (κ3) is 4.05. The van der Waals surface area contributed by atoms with Crippen LogP contribution in [0.15, 0.2) is 36.4 Å². The summed E-state index contributed by atoms with van der Waals surface area (Å²) in [5.74, 6) is 0.405. The summed E-state index contributed by atoms with van der Waals surface area (Å²) in [6.07, 6.45) is 0. The summed E-state index contributed by atoms with van der Waals surface area (Å²) in [5.41, 5.74) is 2.43. The van der Waals surface area contributed by atoms with Crippen LogP contribution in [0.1, 0.15) is 31.9 Å². The zero-order valence-corrected chi connectivity index (χ0v) is 13.8. The van der Waals surface area contributed by atoms with Crippen LogP contribution in [-0.4, -0.2) is 5.11 Å². The molecule has 0 fully saturated rings. The van der Waals surface area contributed by atoms with Crippen LogP contribution in [-0.2, 0) is 12.0 Å². The summed E-state index contributed by atoms with van der Waals surface area (Å²) in [5, 5.41) is 9.98.